The molecule has 1 N–H and O–H groups in total. The molecule has 0 aliphatic carbocycles. The maximum atomic E-state index is 13.6. The fourth-order valence-corrected chi connectivity index (χ4v) is 3.78. The van der Waals surface area contributed by atoms with Gasteiger partial charge in [-0.3, -0.25) is 4.79 Å². The molecule has 1 amide bonds. The van der Waals surface area contributed by atoms with Crippen molar-refractivity contribution in [2.45, 2.75) is 13.3 Å². The van der Waals surface area contributed by atoms with Crippen molar-refractivity contribution in [3.8, 4) is 0 Å². The van der Waals surface area contributed by atoms with Crippen LogP contribution in [0.3, 0.4) is 0 Å². The van der Waals surface area contributed by atoms with Crippen molar-refractivity contribution in [1.29, 1.82) is 0 Å². The number of hydrogen-bond donors (Lipinski definition) is 1. The largest absolute Gasteiger partial charge is 0.322 e. The first-order valence-corrected chi connectivity index (χ1v) is 9.74. The number of nitrogens with zero attached hydrogens (tertiary/aromatic N) is 1. The molecule has 0 radical (unpaired) electrons. The molecule has 2 aromatic rings. The molecule has 0 spiro atoms. The molecule has 0 saturated carbocycles. The molecule has 0 aromatic heterocycles. The van der Waals surface area contributed by atoms with Gasteiger partial charge < -0.3 is 10.2 Å². The smallest absolute Gasteiger partial charge is 0.255 e. The summed E-state index contributed by atoms with van der Waals surface area (Å²) in [4.78, 5) is 14.7. The summed E-state index contributed by atoms with van der Waals surface area (Å²) in [5, 5.41) is 2.82. The number of rotatable bonds is 5. The molecule has 1 aliphatic heterocycles. The molecule has 0 unspecified atom stereocenters. The summed E-state index contributed by atoms with van der Waals surface area (Å²) in [6.45, 7) is 5.10. The molecule has 0 atom stereocenters. The van der Waals surface area contributed by atoms with E-state index in [0.29, 0.717) is 11.1 Å². The molecule has 0 bridgehead atoms. The molecule has 3 rings (SSSR count). The van der Waals surface area contributed by atoms with E-state index in [1.165, 1.54) is 36.2 Å². The van der Waals surface area contributed by atoms with E-state index in [1.54, 1.807) is 19.1 Å². The third-order valence-corrected chi connectivity index (χ3v) is 5.41. The number of thioether (sulfide) groups is 1. The number of amides is 1. The zero-order valence-electron chi connectivity index (χ0n) is 14.4. The Kier molecular flexibility index (Phi) is 6.10. The van der Waals surface area contributed by atoms with E-state index in [4.69, 9.17) is 0 Å². The number of carbonyl (C=O) groups excluding carboxylic acids is 1. The molecule has 132 valence electrons. The van der Waals surface area contributed by atoms with E-state index < -0.39 is 0 Å². The van der Waals surface area contributed by atoms with Gasteiger partial charge >= 0.3 is 0 Å². The maximum Gasteiger partial charge on any atom is 0.255 e. The number of hydrogen-bond acceptors (Lipinski definition) is 3. The van der Waals surface area contributed by atoms with Gasteiger partial charge in [0.2, 0.25) is 0 Å². The molecule has 25 heavy (non-hydrogen) atoms. The minimum absolute atomic E-state index is 0.294. The van der Waals surface area contributed by atoms with Crippen molar-refractivity contribution in [3.05, 3.63) is 65.0 Å². The molecule has 5 heteroatoms. The Morgan fingerprint density at radius 3 is 2.56 bits per heavy atom. The minimum Gasteiger partial charge on any atom is -0.322 e. The molecule has 1 fully saturated rings. The number of halogens is 1. The summed E-state index contributed by atoms with van der Waals surface area (Å²) in [5.41, 5.74) is 2.85. The molecule has 1 heterocycles. The van der Waals surface area contributed by atoms with E-state index in [0.717, 1.165) is 18.7 Å². The van der Waals surface area contributed by atoms with Gasteiger partial charge in [0.1, 0.15) is 5.82 Å². The van der Waals surface area contributed by atoms with Crippen LogP contribution in [0.15, 0.2) is 42.5 Å². The van der Waals surface area contributed by atoms with Crippen molar-refractivity contribution in [2.75, 3.05) is 36.5 Å². The first kappa shape index (κ1) is 18.0. The zero-order valence-corrected chi connectivity index (χ0v) is 15.2. The average Bonchev–Trinajstić information content (AvgIpc) is 2.64. The van der Waals surface area contributed by atoms with Crippen LogP contribution in [0.5, 0.6) is 0 Å². The lowest BCUT2D eigenvalue weighted by atomic mass is 10.1. The Morgan fingerprint density at radius 1 is 1.16 bits per heavy atom. The summed E-state index contributed by atoms with van der Waals surface area (Å²) < 4.78 is 13.6. The first-order chi connectivity index (χ1) is 12.1. The van der Waals surface area contributed by atoms with Crippen LogP contribution in [0.4, 0.5) is 10.1 Å². The van der Waals surface area contributed by atoms with Crippen molar-refractivity contribution in [1.82, 2.24) is 4.90 Å². The second-order valence-electron chi connectivity index (χ2n) is 6.32. The van der Waals surface area contributed by atoms with E-state index in [1.807, 2.05) is 36.0 Å². The van der Waals surface area contributed by atoms with Crippen LogP contribution in [0.25, 0.3) is 0 Å². The number of anilines is 1. The van der Waals surface area contributed by atoms with Gasteiger partial charge in [0.15, 0.2) is 0 Å². The summed E-state index contributed by atoms with van der Waals surface area (Å²) in [6, 6.07) is 12.4. The lowest BCUT2D eigenvalue weighted by Gasteiger charge is -2.26. The van der Waals surface area contributed by atoms with Crippen LogP contribution < -0.4 is 5.32 Å². The van der Waals surface area contributed by atoms with Gasteiger partial charge in [-0.1, -0.05) is 18.2 Å². The van der Waals surface area contributed by atoms with Crippen LogP contribution in [-0.2, 0) is 6.42 Å². The van der Waals surface area contributed by atoms with Gasteiger partial charge in [-0.15, -0.1) is 0 Å². The molecule has 1 aliphatic rings. The predicted molar refractivity (Wildman–Crippen MR) is 103 cm³/mol. The highest BCUT2D eigenvalue weighted by atomic mass is 32.2. The number of aryl methyl sites for hydroxylation is 1. The summed E-state index contributed by atoms with van der Waals surface area (Å²) in [5.74, 6) is 1.80. The quantitative estimate of drug-likeness (QED) is 0.877. The third kappa shape index (κ3) is 5.06. The molecular weight excluding hydrogens is 335 g/mol. The van der Waals surface area contributed by atoms with Crippen LogP contribution in [0.2, 0.25) is 0 Å². The summed E-state index contributed by atoms with van der Waals surface area (Å²) in [6.07, 6.45) is 1.02. The molecule has 3 nitrogen and oxygen atoms in total. The van der Waals surface area contributed by atoms with Crippen LogP contribution in [0, 0.1) is 12.7 Å². The second-order valence-corrected chi connectivity index (χ2v) is 7.54. The van der Waals surface area contributed by atoms with Crippen LogP contribution >= 0.6 is 11.8 Å². The Balaban J connectivity index is 1.54. The highest BCUT2D eigenvalue weighted by Crippen LogP contribution is 2.15. The normalized spacial score (nSPS) is 15.1. The Labute approximate surface area is 152 Å². The fraction of sp³-hybridized carbons (Fsp3) is 0.350. The Morgan fingerprint density at radius 2 is 1.88 bits per heavy atom. The molecular formula is C20H23FN2OS. The maximum absolute atomic E-state index is 13.6. The fourth-order valence-electron chi connectivity index (χ4n) is 2.80. The Hall–Kier alpha value is -1.85. The van der Waals surface area contributed by atoms with Crippen LogP contribution in [-0.4, -0.2) is 41.9 Å². The van der Waals surface area contributed by atoms with Gasteiger partial charge in [-0.25, -0.2) is 4.39 Å². The standard InChI is InChI=1S/C20H23FN2OS/c1-15-2-5-17(14-19(15)21)20(24)22-18-6-3-16(4-7-18)8-9-23-10-12-25-13-11-23/h2-7,14H,8-13H2,1H3,(H,22,24). The van der Waals surface area contributed by atoms with Crippen LogP contribution in [0.1, 0.15) is 21.5 Å². The third-order valence-electron chi connectivity index (χ3n) is 4.47. The van der Waals surface area contributed by atoms with Gasteiger partial charge in [-0.05, 0) is 48.7 Å². The topological polar surface area (TPSA) is 32.3 Å². The lowest BCUT2D eigenvalue weighted by Crippen LogP contribution is -2.34. The lowest BCUT2D eigenvalue weighted by molar-refractivity contribution is 0.102. The average molecular weight is 358 g/mol. The predicted octanol–water partition coefficient (Wildman–Crippen LogP) is 3.98. The minimum atomic E-state index is -0.362. The Bertz CT molecular complexity index is 727. The van der Waals surface area contributed by atoms with Gasteiger partial charge in [-0.2, -0.15) is 11.8 Å². The second kappa shape index (κ2) is 8.50. The van der Waals surface area contributed by atoms with E-state index in [9.17, 15) is 9.18 Å². The summed E-state index contributed by atoms with van der Waals surface area (Å²) >= 11 is 2.02. The van der Waals surface area contributed by atoms with E-state index in [-0.39, 0.29) is 11.7 Å². The monoisotopic (exact) mass is 358 g/mol. The van der Waals surface area contributed by atoms with Crippen molar-refractivity contribution >= 4 is 23.4 Å². The highest BCUT2D eigenvalue weighted by Gasteiger charge is 2.11. The van der Waals surface area contributed by atoms with Gasteiger partial charge in [0, 0.05) is 42.4 Å². The van der Waals surface area contributed by atoms with Crippen molar-refractivity contribution in [2.24, 2.45) is 0 Å². The van der Waals surface area contributed by atoms with E-state index >= 15 is 0 Å². The number of benzene rings is 2. The van der Waals surface area contributed by atoms with Gasteiger partial charge in [0.05, 0.1) is 0 Å². The molecule has 2 aromatic carbocycles. The van der Waals surface area contributed by atoms with E-state index in [2.05, 4.69) is 10.2 Å². The number of carbonyl (C=O) groups is 1. The number of nitrogens with one attached hydrogen (secondary N) is 1. The van der Waals surface area contributed by atoms with Crippen molar-refractivity contribution in [3.63, 3.8) is 0 Å². The molecule has 1 saturated heterocycles. The summed E-state index contributed by atoms with van der Waals surface area (Å²) in [7, 11) is 0. The SMILES string of the molecule is Cc1ccc(C(=O)Nc2ccc(CCN3CCSCC3)cc2)cc1F. The van der Waals surface area contributed by atoms with Crippen molar-refractivity contribution < 1.29 is 9.18 Å². The van der Waals surface area contributed by atoms with Gasteiger partial charge in [0.25, 0.3) is 5.91 Å². The zero-order chi connectivity index (χ0) is 17.6. The first-order valence-electron chi connectivity index (χ1n) is 8.58. The highest BCUT2D eigenvalue weighted by molar-refractivity contribution is 7.99.